The van der Waals surface area contributed by atoms with Gasteiger partial charge in [-0.2, -0.15) is 0 Å². The van der Waals surface area contributed by atoms with Gasteiger partial charge in [-0.1, -0.05) is 32.0 Å². The molecule has 30 heavy (non-hydrogen) atoms. The zero-order valence-corrected chi connectivity index (χ0v) is 17.6. The van der Waals surface area contributed by atoms with Gasteiger partial charge in [-0.15, -0.1) is 0 Å². The minimum Gasteiger partial charge on any atom is -0.482 e. The van der Waals surface area contributed by atoms with Gasteiger partial charge in [-0.05, 0) is 55.7 Å². The molecule has 0 spiro atoms. The third-order valence-electron chi connectivity index (χ3n) is 4.00. The SMILES string of the molecule is CC(C)OC(=O)c1ccc(NC(=O)COC(=O)COc2ccccc2C(C)C)cc1. The van der Waals surface area contributed by atoms with Crippen molar-refractivity contribution in [1.82, 2.24) is 0 Å². The zero-order valence-electron chi connectivity index (χ0n) is 17.6. The van der Waals surface area contributed by atoms with Crippen LogP contribution in [0.15, 0.2) is 48.5 Å². The summed E-state index contributed by atoms with van der Waals surface area (Å²) in [7, 11) is 0. The minimum atomic E-state index is -0.643. The summed E-state index contributed by atoms with van der Waals surface area (Å²) in [5.41, 5.74) is 1.84. The number of nitrogens with one attached hydrogen (secondary N) is 1. The topological polar surface area (TPSA) is 90.9 Å². The Morgan fingerprint density at radius 2 is 1.57 bits per heavy atom. The zero-order chi connectivity index (χ0) is 22.1. The van der Waals surface area contributed by atoms with E-state index in [2.05, 4.69) is 5.32 Å². The van der Waals surface area contributed by atoms with Gasteiger partial charge in [-0.3, -0.25) is 4.79 Å². The van der Waals surface area contributed by atoms with Crippen LogP contribution >= 0.6 is 0 Å². The lowest BCUT2D eigenvalue weighted by Crippen LogP contribution is -2.23. The van der Waals surface area contributed by atoms with Crippen molar-refractivity contribution in [2.24, 2.45) is 0 Å². The van der Waals surface area contributed by atoms with Gasteiger partial charge in [0.2, 0.25) is 0 Å². The number of carbonyl (C=O) groups excluding carboxylic acids is 3. The predicted molar refractivity (Wildman–Crippen MR) is 113 cm³/mol. The summed E-state index contributed by atoms with van der Waals surface area (Å²) in [6.45, 7) is 6.87. The third-order valence-corrected chi connectivity index (χ3v) is 4.00. The summed E-state index contributed by atoms with van der Waals surface area (Å²) in [5, 5.41) is 2.59. The first-order valence-electron chi connectivity index (χ1n) is 9.74. The minimum absolute atomic E-state index is 0.214. The molecule has 0 aliphatic heterocycles. The molecule has 0 unspecified atom stereocenters. The number of para-hydroxylation sites is 1. The predicted octanol–water partition coefficient (Wildman–Crippen LogP) is 3.94. The lowest BCUT2D eigenvalue weighted by Gasteiger charge is -2.13. The Labute approximate surface area is 176 Å². The second kappa shape index (κ2) is 11.0. The molecule has 0 aromatic heterocycles. The molecule has 160 valence electrons. The van der Waals surface area contributed by atoms with Crippen LogP contribution in [0.5, 0.6) is 5.75 Å². The van der Waals surface area contributed by atoms with Gasteiger partial charge in [0.15, 0.2) is 13.2 Å². The highest BCUT2D eigenvalue weighted by Crippen LogP contribution is 2.25. The van der Waals surface area contributed by atoms with Crippen LogP contribution in [0.25, 0.3) is 0 Å². The molecular formula is C23H27NO6. The summed E-state index contributed by atoms with van der Waals surface area (Å²) in [6, 6.07) is 13.7. The van der Waals surface area contributed by atoms with Crippen molar-refractivity contribution in [3.8, 4) is 5.75 Å². The lowest BCUT2D eigenvalue weighted by atomic mass is 10.0. The first-order chi connectivity index (χ1) is 14.3. The van der Waals surface area contributed by atoms with Crippen molar-refractivity contribution in [1.29, 1.82) is 0 Å². The van der Waals surface area contributed by atoms with E-state index in [-0.39, 0.29) is 18.6 Å². The van der Waals surface area contributed by atoms with Crippen molar-refractivity contribution in [3.63, 3.8) is 0 Å². The molecule has 0 heterocycles. The summed E-state index contributed by atoms with van der Waals surface area (Å²) >= 11 is 0. The third kappa shape index (κ3) is 7.24. The lowest BCUT2D eigenvalue weighted by molar-refractivity contribution is -0.149. The van der Waals surface area contributed by atoms with Gasteiger partial charge >= 0.3 is 11.9 Å². The van der Waals surface area contributed by atoms with Crippen LogP contribution in [-0.4, -0.2) is 37.2 Å². The quantitative estimate of drug-likeness (QED) is 0.626. The van der Waals surface area contributed by atoms with Gasteiger partial charge < -0.3 is 19.5 Å². The Morgan fingerprint density at radius 3 is 2.20 bits per heavy atom. The maximum atomic E-state index is 12.0. The Hall–Kier alpha value is -3.35. The first kappa shape index (κ1) is 22.9. The molecule has 2 aromatic rings. The Balaban J connectivity index is 1.78. The van der Waals surface area contributed by atoms with Crippen LogP contribution in [0.3, 0.4) is 0 Å². The highest BCUT2D eigenvalue weighted by Gasteiger charge is 2.13. The number of carbonyl (C=O) groups is 3. The molecule has 0 radical (unpaired) electrons. The summed E-state index contributed by atoms with van der Waals surface area (Å²) < 4.78 is 15.6. The molecule has 0 fully saturated rings. The van der Waals surface area contributed by atoms with E-state index in [1.165, 1.54) is 0 Å². The van der Waals surface area contributed by atoms with E-state index in [9.17, 15) is 14.4 Å². The van der Waals surface area contributed by atoms with Crippen molar-refractivity contribution in [3.05, 3.63) is 59.7 Å². The summed E-state index contributed by atoms with van der Waals surface area (Å²) in [6.07, 6.45) is -0.214. The number of benzene rings is 2. The van der Waals surface area contributed by atoms with Crippen molar-refractivity contribution >= 4 is 23.5 Å². The van der Waals surface area contributed by atoms with E-state index in [0.29, 0.717) is 17.0 Å². The summed E-state index contributed by atoms with van der Waals surface area (Å²) in [4.78, 5) is 35.7. The number of anilines is 1. The largest absolute Gasteiger partial charge is 0.482 e. The normalized spacial score (nSPS) is 10.6. The van der Waals surface area contributed by atoms with Crippen molar-refractivity contribution in [2.75, 3.05) is 18.5 Å². The molecule has 0 saturated heterocycles. The molecule has 1 amide bonds. The first-order valence-corrected chi connectivity index (χ1v) is 9.74. The summed E-state index contributed by atoms with van der Waals surface area (Å²) in [5.74, 6) is -0.707. The van der Waals surface area contributed by atoms with Crippen LogP contribution in [0.4, 0.5) is 5.69 Å². The molecule has 2 aromatic carbocycles. The number of hydrogen-bond donors (Lipinski definition) is 1. The maximum Gasteiger partial charge on any atom is 0.344 e. The number of esters is 2. The number of ether oxygens (including phenoxy) is 3. The van der Waals surface area contributed by atoms with Crippen LogP contribution in [0.2, 0.25) is 0 Å². The number of rotatable bonds is 9. The smallest absolute Gasteiger partial charge is 0.344 e. The molecule has 0 bridgehead atoms. The van der Waals surface area contributed by atoms with Crippen molar-refractivity contribution < 1.29 is 28.6 Å². The Kier molecular flexibility index (Phi) is 8.41. The molecule has 0 atom stereocenters. The standard InChI is InChI=1S/C23H27NO6/c1-15(2)19-7-5-6-8-20(19)28-14-22(26)29-13-21(25)24-18-11-9-17(10-12-18)23(27)30-16(3)4/h5-12,15-16H,13-14H2,1-4H3,(H,24,25). The average molecular weight is 413 g/mol. The van der Waals surface area contributed by atoms with Crippen molar-refractivity contribution in [2.45, 2.75) is 39.7 Å². The monoisotopic (exact) mass is 413 g/mol. The second-order valence-corrected chi connectivity index (χ2v) is 7.22. The van der Waals surface area contributed by atoms with E-state index >= 15 is 0 Å². The second-order valence-electron chi connectivity index (χ2n) is 7.22. The molecular weight excluding hydrogens is 386 g/mol. The van der Waals surface area contributed by atoms with Crippen LogP contribution in [0.1, 0.15) is 49.5 Å². The van der Waals surface area contributed by atoms with Gasteiger partial charge in [-0.25, -0.2) is 9.59 Å². The fraction of sp³-hybridized carbons (Fsp3) is 0.348. The Morgan fingerprint density at radius 1 is 0.900 bits per heavy atom. The maximum absolute atomic E-state index is 12.0. The van der Waals surface area contributed by atoms with Crippen LogP contribution < -0.4 is 10.1 Å². The highest BCUT2D eigenvalue weighted by molar-refractivity contribution is 5.94. The fourth-order valence-corrected chi connectivity index (χ4v) is 2.58. The van der Waals surface area contributed by atoms with Gasteiger partial charge in [0.1, 0.15) is 5.75 Å². The van der Waals surface area contributed by atoms with E-state index in [1.807, 2.05) is 32.0 Å². The molecule has 1 N–H and O–H groups in total. The van der Waals surface area contributed by atoms with Crippen LogP contribution in [0, 0.1) is 0 Å². The molecule has 0 saturated carbocycles. The van der Waals surface area contributed by atoms with Gasteiger partial charge in [0.05, 0.1) is 11.7 Å². The number of amides is 1. The Bertz CT molecular complexity index is 874. The van der Waals surface area contributed by atoms with Gasteiger partial charge in [0.25, 0.3) is 5.91 Å². The van der Waals surface area contributed by atoms with Crippen LogP contribution in [-0.2, 0) is 19.1 Å². The molecule has 7 heteroatoms. The molecule has 2 rings (SSSR count). The molecule has 0 aliphatic rings. The van der Waals surface area contributed by atoms with E-state index < -0.39 is 24.5 Å². The fourth-order valence-electron chi connectivity index (χ4n) is 2.58. The van der Waals surface area contributed by atoms with E-state index in [1.54, 1.807) is 44.2 Å². The number of hydrogen-bond acceptors (Lipinski definition) is 6. The van der Waals surface area contributed by atoms with Gasteiger partial charge in [0, 0.05) is 5.69 Å². The highest BCUT2D eigenvalue weighted by atomic mass is 16.6. The molecule has 7 nitrogen and oxygen atoms in total. The molecule has 0 aliphatic carbocycles. The van der Waals surface area contributed by atoms with E-state index in [4.69, 9.17) is 14.2 Å². The van der Waals surface area contributed by atoms with E-state index in [0.717, 1.165) is 5.56 Å². The average Bonchev–Trinajstić information content (AvgIpc) is 2.70.